The molecule has 1 heterocycles. The summed E-state index contributed by atoms with van der Waals surface area (Å²) in [5.74, 6) is 0.383. The van der Waals surface area contributed by atoms with Crippen LogP contribution in [0, 0.1) is 6.92 Å². The standard InChI is InChI=1S/C18H25N5O2S/c1-3-19-18(21-9-8-16-23-12-13(2)26-16)22-11-10-20-17(25)14-6-4-5-7-15(14)24/h4-7,12,24H,3,8-11H2,1-2H3,(H,20,25)(H2,19,21,22). The molecule has 0 bridgehead atoms. The van der Waals surface area contributed by atoms with Gasteiger partial charge in [-0.3, -0.25) is 9.79 Å². The van der Waals surface area contributed by atoms with E-state index in [9.17, 15) is 9.90 Å². The Labute approximate surface area is 157 Å². The van der Waals surface area contributed by atoms with Gasteiger partial charge in [0, 0.05) is 43.7 Å². The number of carbonyl (C=O) groups is 1. The summed E-state index contributed by atoms with van der Waals surface area (Å²) in [4.78, 5) is 22.1. The van der Waals surface area contributed by atoms with Crippen molar-refractivity contribution in [2.45, 2.75) is 20.3 Å². The van der Waals surface area contributed by atoms with Crippen LogP contribution in [0.5, 0.6) is 5.75 Å². The van der Waals surface area contributed by atoms with Crippen molar-refractivity contribution < 1.29 is 9.90 Å². The second-order valence-electron chi connectivity index (χ2n) is 5.58. The van der Waals surface area contributed by atoms with E-state index in [1.807, 2.05) is 20.0 Å². The van der Waals surface area contributed by atoms with Crippen LogP contribution in [0.1, 0.15) is 27.2 Å². The molecule has 1 amide bonds. The van der Waals surface area contributed by atoms with Gasteiger partial charge in [0.15, 0.2) is 5.96 Å². The number of aromatic hydroxyl groups is 1. The van der Waals surface area contributed by atoms with E-state index in [0.29, 0.717) is 25.6 Å². The van der Waals surface area contributed by atoms with Gasteiger partial charge >= 0.3 is 0 Å². The van der Waals surface area contributed by atoms with Gasteiger partial charge in [0.05, 0.1) is 10.6 Å². The third-order valence-corrected chi connectivity index (χ3v) is 4.43. The number of carbonyl (C=O) groups excluding carboxylic acids is 1. The van der Waals surface area contributed by atoms with Gasteiger partial charge in [0.25, 0.3) is 5.91 Å². The third kappa shape index (κ3) is 6.36. The van der Waals surface area contributed by atoms with Gasteiger partial charge in [-0.2, -0.15) is 0 Å². The van der Waals surface area contributed by atoms with Gasteiger partial charge in [-0.1, -0.05) is 12.1 Å². The molecule has 140 valence electrons. The number of hydrogen-bond donors (Lipinski definition) is 4. The number of thiazole rings is 1. The van der Waals surface area contributed by atoms with Gasteiger partial charge < -0.3 is 21.1 Å². The Hall–Kier alpha value is -2.61. The fraction of sp³-hybridized carbons (Fsp3) is 0.389. The molecule has 0 fully saturated rings. The number of nitrogens with zero attached hydrogens (tertiary/aromatic N) is 2. The highest BCUT2D eigenvalue weighted by atomic mass is 32.1. The molecule has 4 N–H and O–H groups in total. The van der Waals surface area contributed by atoms with Crippen LogP contribution in [-0.2, 0) is 6.42 Å². The Morgan fingerprint density at radius 1 is 1.23 bits per heavy atom. The zero-order valence-corrected chi connectivity index (χ0v) is 15.9. The molecule has 2 aromatic rings. The van der Waals surface area contributed by atoms with E-state index in [-0.39, 0.29) is 17.2 Å². The molecule has 0 spiro atoms. The Morgan fingerprint density at radius 3 is 2.69 bits per heavy atom. The monoisotopic (exact) mass is 375 g/mol. The Bertz CT molecular complexity index is 745. The number of phenols is 1. The Balaban J connectivity index is 1.74. The summed E-state index contributed by atoms with van der Waals surface area (Å²) >= 11 is 1.69. The maximum Gasteiger partial charge on any atom is 0.255 e. The van der Waals surface area contributed by atoms with Gasteiger partial charge in [-0.15, -0.1) is 11.3 Å². The molecule has 0 aliphatic rings. The molecule has 0 aliphatic heterocycles. The number of hydrogen-bond acceptors (Lipinski definition) is 5. The maximum atomic E-state index is 12.0. The van der Waals surface area contributed by atoms with E-state index in [2.05, 4.69) is 25.9 Å². The molecule has 0 radical (unpaired) electrons. The Kier molecular flexibility index (Phi) is 7.88. The van der Waals surface area contributed by atoms with Crippen molar-refractivity contribution in [2.75, 3.05) is 26.2 Å². The normalized spacial score (nSPS) is 11.2. The molecule has 0 aliphatic carbocycles. The molecule has 2 rings (SSSR count). The predicted octanol–water partition coefficient (Wildman–Crippen LogP) is 1.68. The van der Waals surface area contributed by atoms with E-state index >= 15 is 0 Å². The van der Waals surface area contributed by atoms with Gasteiger partial charge in [-0.05, 0) is 26.0 Å². The van der Waals surface area contributed by atoms with Crippen LogP contribution in [0.2, 0.25) is 0 Å². The molecule has 8 heteroatoms. The zero-order chi connectivity index (χ0) is 18.8. The van der Waals surface area contributed by atoms with Crippen molar-refractivity contribution in [3.05, 3.63) is 45.9 Å². The number of phenolic OH excluding ortho intramolecular Hbond substituents is 1. The molecule has 7 nitrogen and oxygen atoms in total. The molecule has 1 aromatic heterocycles. The molecular formula is C18H25N5O2S. The first kappa shape index (κ1) is 19.7. The smallest absolute Gasteiger partial charge is 0.255 e. The fourth-order valence-corrected chi connectivity index (χ4v) is 3.02. The molecule has 1 aromatic carbocycles. The highest BCUT2D eigenvalue weighted by Gasteiger charge is 2.09. The quantitative estimate of drug-likeness (QED) is 0.320. The van der Waals surface area contributed by atoms with E-state index in [0.717, 1.165) is 18.0 Å². The van der Waals surface area contributed by atoms with E-state index in [1.165, 1.54) is 10.9 Å². The second-order valence-corrected chi connectivity index (χ2v) is 6.89. The van der Waals surface area contributed by atoms with Crippen LogP contribution in [0.15, 0.2) is 35.5 Å². The number of aryl methyl sites for hydroxylation is 1. The summed E-state index contributed by atoms with van der Waals surface area (Å²) < 4.78 is 0. The number of rotatable bonds is 8. The van der Waals surface area contributed by atoms with Crippen molar-refractivity contribution in [1.82, 2.24) is 20.9 Å². The van der Waals surface area contributed by atoms with Gasteiger partial charge in [-0.25, -0.2) is 4.98 Å². The second kappa shape index (κ2) is 10.4. The van der Waals surface area contributed by atoms with Crippen molar-refractivity contribution in [1.29, 1.82) is 0 Å². The lowest BCUT2D eigenvalue weighted by molar-refractivity contribution is 0.0951. The number of para-hydroxylation sites is 1. The number of nitrogens with one attached hydrogen (secondary N) is 3. The highest BCUT2D eigenvalue weighted by Crippen LogP contribution is 2.14. The summed E-state index contributed by atoms with van der Waals surface area (Å²) in [6, 6.07) is 6.48. The van der Waals surface area contributed by atoms with Crippen LogP contribution in [0.3, 0.4) is 0 Å². The summed E-state index contributed by atoms with van der Waals surface area (Å²) in [5.41, 5.74) is 0.270. The first-order chi connectivity index (χ1) is 12.6. The molecule has 0 saturated carbocycles. The van der Waals surface area contributed by atoms with Crippen LogP contribution in [0.25, 0.3) is 0 Å². The lowest BCUT2D eigenvalue weighted by Crippen LogP contribution is -2.41. The molecule has 0 unspecified atom stereocenters. The van der Waals surface area contributed by atoms with Crippen LogP contribution in [-0.4, -0.2) is 48.1 Å². The summed E-state index contributed by atoms with van der Waals surface area (Å²) in [5, 5.41) is 19.9. The van der Waals surface area contributed by atoms with Crippen LogP contribution in [0.4, 0.5) is 0 Å². The first-order valence-electron chi connectivity index (χ1n) is 8.59. The zero-order valence-electron chi connectivity index (χ0n) is 15.1. The van der Waals surface area contributed by atoms with E-state index in [4.69, 9.17) is 0 Å². The number of amides is 1. The van der Waals surface area contributed by atoms with Crippen LogP contribution < -0.4 is 16.0 Å². The number of guanidine groups is 1. The highest BCUT2D eigenvalue weighted by molar-refractivity contribution is 7.11. The Morgan fingerprint density at radius 2 is 2.00 bits per heavy atom. The molecular weight excluding hydrogens is 350 g/mol. The maximum absolute atomic E-state index is 12.0. The third-order valence-electron chi connectivity index (χ3n) is 3.46. The predicted molar refractivity (Wildman–Crippen MR) is 105 cm³/mol. The van der Waals surface area contributed by atoms with E-state index in [1.54, 1.807) is 29.5 Å². The van der Waals surface area contributed by atoms with Crippen molar-refractivity contribution in [3.63, 3.8) is 0 Å². The summed E-state index contributed by atoms with van der Waals surface area (Å²) in [7, 11) is 0. The van der Waals surface area contributed by atoms with Gasteiger partial charge in [0.1, 0.15) is 5.75 Å². The SMILES string of the molecule is CCNC(=NCCc1ncc(C)s1)NCCNC(=O)c1ccccc1O. The number of aliphatic imine (C=N–C) groups is 1. The van der Waals surface area contributed by atoms with Crippen molar-refractivity contribution in [2.24, 2.45) is 4.99 Å². The number of aromatic nitrogens is 1. The molecule has 0 saturated heterocycles. The minimum atomic E-state index is -0.300. The summed E-state index contributed by atoms with van der Waals surface area (Å²) in [6.07, 6.45) is 2.68. The molecule has 0 atom stereocenters. The minimum absolute atomic E-state index is 0.0229. The average molecular weight is 375 g/mol. The van der Waals surface area contributed by atoms with Crippen molar-refractivity contribution >= 4 is 23.2 Å². The number of benzene rings is 1. The van der Waals surface area contributed by atoms with E-state index < -0.39 is 0 Å². The largest absolute Gasteiger partial charge is 0.507 e. The average Bonchev–Trinajstić information content (AvgIpc) is 3.04. The lowest BCUT2D eigenvalue weighted by atomic mass is 10.2. The summed E-state index contributed by atoms with van der Waals surface area (Å²) in [6.45, 7) is 6.39. The topological polar surface area (TPSA) is 98.6 Å². The molecule has 26 heavy (non-hydrogen) atoms. The lowest BCUT2D eigenvalue weighted by Gasteiger charge is -2.12. The minimum Gasteiger partial charge on any atom is -0.507 e. The first-order valence-corrected chi connectivity index (χ1v) is 9.41. The van der Waals surface area contributed by atoms with Gasteiger partial charge in [0.2, 0.25) is 0 Å². The van der Waals surface area contributed by atoms with Crippen LogP contribution >= 0.6 is 11.3 Å². The fourth-order valence-electron chi connectivity index (χ4n) is 2.24. The van der Waals surface area contributed by atoms with Crippen molar-refractivity contribution in [3.8, 4) is 5.75 Å².